The number of hydrogen-bond donors (Lipinski definition) is 0. The molecule has 0 aliphatic carbocycles. The average molecular weight is 549 g/mol. The zero-order valence-electron chi connectivity index (χ0n) is 18.6. The molecule has 1 aliphatic heterocycles. The number of benzene rings is 1. The van der Waals surface area contributed by atoms with Crippen LogP contribution in [0.3, 0.4) is 0 Å². The normalized spacial score (nSPS) is 15.0. The Morgan fingerprint density at radius 1 is 1.03 bits per heavy atom. The molecule has 0 fully saturated rings. The lowest BCUT2D eigenvalue weighted by atomic mass is 9.99. The first-order valence-electron chi connectivity index (χ1n) is 9.84. The van der Waals surface area contributed by atoms with Crippen LogP contribution in [-0.2, 0) is 28.6 Å². The zero-order valence-corrected chi connectivity index (χ0v) is 18.6. The SMILES string of the molecule is Cc1cc(OC(F)(F)F)cc2c1OC(C(F)(F)F)C(C(=O)OCOC(=O)OCCOCCO[N+](=O)[O-])=C2. The van der Waals surface area contributed by atoms with Gasteiger partial charge in [0.2, 0.25) is 12.9 Å². The van der Waals surface area contributed by atoms with Crippen LogP contribution in [-0.4, -0.2) is 69.1 Å². The number of alkyl halides is 6. The summed E-state index contributed by atoms with van der Waals surface area (Å²) < 4.78 is 105. The van der Waals surface area contributed by atoms with E-state index >= 15 is 0 Å². The molecule has 1 heterocycles. The largest absolute Gasteiger partial charge is 0.573 e. The van der Waals surface area contributed by atoms with Crippen LogP contribution in [0.25, 0.3) is 6.08 Å². The lowest BCUT2D eigenvalue weighted by Gasteiger charge is -2.29. The molecule has 0 saturated carbocycles. The Kier molecular flexibility index (Phi) is 9.75. The van der Waals surface area contributed by atoms with E-state index in [1.807, 2.05) is 0 Å². The number of rotatable bonds is 11. The van der Waals surface area contributed by atoms with Crippen LogP contribution >= 0.6 is 0 Å². The number of nitrogens with zero attached hydrogens (tertiary/aromatic N) is 1. The molecule has 206 valence electrons. The molecule has 37 heavy (non-hydrogen) atoms. The molecule has 0 bridgehead atoms. The van der Waals surface area contributed by atoms with E-state index in [1.165, 1.54) is 6.92 Å². The van der Waals surface area contributed by atoms with Crippen molar-refractivity contribution in [2.24, 2.45) is 0 Å². The first-order valence-corrected chi connectivity index (χ1v) is 9.84. The average Bonchev–Trinajstić information content (AvgIpc) is 2.75. The molecule has 12 nitrogen and oxygen atoms in total. The van der Waals surface area contributed by atoms with Gasteiger partial charge in [-0.1, -0.05) is 0 Å². The number of carbonyl (C=O) groups is 2. The van der Waals surface area contributed by atoms with Crippen LogP contribution in [0.1, 0.15) is 11.1 Å². The number of hydrogen-bond acceptors (Lipinski definition) is 11. The van der Waals surface area contributed by atoms with Gasteiger partial charge in [0.25, 0.3) is 5.09 Å². The Labute approximate surface area is 202 Å². The Morgan fingerprint density at radius 3 is 2.32 bits per heavy atom. The van der Waals surface area contributed by atoms with Crippen molar-refractivity contribution in [1.29, 1.82) is 0 Å². The fourth-order valence-corrected chi connectivity index (χ4v) is 2.77. The molecule has 1 aromatic carbocycles. The summed E-state index contributed by atoms with van der Waals surface area (Å²) in [5.41, 5.74) is -1.59. The number of ether oxygens (including phenoxy) is 6. The molecule has 1 aliphatic rings. The maximum atomic E-state index is 13.5. The molecule has 1 unspecified atom stereocenters. The molecule has 1 aromatic rings. The van der Waals surface area contributed by atoms with Crippen molar-refractivity contribution in [3.05, 3.63) is 38.9 Å². The van der Waals surface area contributed by atoms with Gasteiger partial charge in [-0.25, -0.2) is 9.59 Å². The highest BCUT2D eigenvalue weighted by atomic mass is 19.4. The molecule has 0 N–H and O–H groups in total. The molecule has 0 aromatic heterocycles. The molecule has 0 amide bonds. The van der Waals surface area contributed by atoms with E-state index in [9.17, 15) is 46.0 Å². The summed E-state index contributed by atoms with van der Waals surface area (Å²) in [4.78, 5) is 37.6. The predicted octanol–water partition coefficient (Wildman–Crippen LogP) is 3.48. The van der Waals surface area contributed by atoms with Gasteiger partial charge in [0.15, 0.2) is 0 Å². The van der Waals surface area contributed by atoms with Crippen molar-refractivity contribution in [1.82, 2.24) is 0 Å². The first kappa shape index (κ1) is 29.3. The van der Waals surface area contributed by atoms with E-state index in [2.05, 4.69) is 23.8 Å². The minimum atomic E-state index is -5.12. The van der Waals surface area contributed by atoms with Gasteiger partial charge in [0.05, 0.1) is 18.8 Å². The summed E-state index contributed by atoms with van der Waals surface area (Å²) in [6.07, 6.45) is -13.8. The summed E-state index contributed by atoms with van der Waals surface area (Å²) >= 11 is 0. The summed E-state index contributed by atoms with van der Waals surface area (Å²) in [6.45, 7) is -1.17. The van der Waals surface area contributed by atoms with Gasteiger partial charge < -0.3 is 33.3 Å². The monoisotopic (exact) mass is 549 g/mol. The molecule has 2 rings (SSSR count). The summed E-state index contributed by atoms with van der Waals surface area (Å²) in [6, 6.07) is 1.52. The number of fused-ring (bicyclic) bond motifs is 1. The van der Waals surface area contributed by atoms with Crippen LogP contribution < -0.4 is 9.47 Å². The van der Waals surface area contributed by atoms with Gasteiger partial charge in [-0.15, -0.1) is 23.3 Å². The summed E-state index contributed by atoms with van der Waals surface area (Å²) in [5.74, 6) is -2.84. The maximum absolute atomic E-state index is 13.5. The van der Waals surface area contributed by atoms with E-state index in [0.717, 1.165) is 12.1 Å². The van der Waals surface area contributed by atoms with E-state index in [1.54, 1.807) is 0 Å². The van der Waals surface area contributed by atoms with Gasteiger partial charge in [-0.05, 0) is 30.7 Å². The van der Waals surface area contributed by atoms with E-state index in [0.29, 0.717) is 6.08 Å². The second-order valence-electron chi connectivity index (χ2n) is 6.81. The highest BCUT2D eigenvalue weighted by Gasteiger charge is 2.49. The van der Waals surface area contributed by atoms with E-state index < -0.39 is 66.3 Å². The molecule has 0 saturated heterocycles. The van der Waals surface area contributed by atoms with Crippen LogP contribution in [0.4, 0.5) is 31.1 Å². The van der Waals surface area contributed by atoms with E-state index in [-0.39, 0.29) is 30.9 Å². The van der Waals surface area contributed by atoms with Crippen LogP contribution in [0.15, 0.2) is 17.7 Å². The van der Waals surface area contributed by atoms with Crippen molar-refractivity contribution in [3.8, 4) is 11.5 Å². The lowest BCUT2D eigenvalue weighted by molar-refractivity contribution is -0.758. The van der Waals surface area contributed by atoms with Gasteiger partial charge in [-0.3, -0.25) is 0 Å². The fraction of sp³-hybridized carbons (Fsp3) is 0.474. The minimum Gasteiger partial charge on any atom is -0.475 e. The van der Waals surface area contributed by atoms with Gasteiger partial charge in [0.1, 0.15) is 24.7 Å². The van der Waals surface area contributed by atoms with Crippen molar-refractivity contribution < 1.29 is 74.3 Å². The molecular weight excluding hydrogens is 532 g/mol. The van der Waals surface area contributed by atoms with Crippen LogP contribution in [0.2, 0.25) is 0 Å². The van der Waals surface area contributed by atoms with E-state index in [4.69, 9.17) is 9.47 Å². The third-order valence-corrected chi connectivity index (χ3v) is 4.11. The third-order valence-electron chi connectivity index (χ3n) is 4.11. The second-order valence-corrected chi connectivity index (χ2v) is 6.81. The predicted molar refractivity (Wildman–Crippen MR) is 103 cm³/mol. The molecular formula is C19H17F6NO11. The Balaban J connectivity index is 1.97. The topological polar surface area (TPSA) is 142 Å². The molecule has 18 heteroatoms. The van der Waals surface area contributed by atoms with Crippen molar-refractivity contribution in [3.63, 3.8) is 0 Å². The zero-order chi connectivity index (χ0) is 27.8. The minimum absolute atomic E-state index is 0.130. The third kappa shape index (κ3) is 9.54. The molecule has 0 spiro atoms. The summed E-state index contributed by atoms with van der Waals surface area (Å²) in [5, 5.41) is 8.88. The Morgan fingerprint density at radius 2 is 1.70 bits per heavy atom. The standard InChI is InChI=1S/C19H17F6NO11/c1-10-6-12(37-19(23,24)25)7-11-8-13(15(18(20,21)22)36-14(10)11)16(27)33-9-34-17(28)32-4-2-31-3-5-35-26(29)30/h6-8,15H,2-5,9H2,1H3. The first-order chi connectivity index (χ1) is 17.2. The number of esters is 1. The highest BCUT2D eigenvalue weighted by Crippen LogP contribution is 2.41. The molecule has 0 radical (unpaired) electrons. The van der Waals surface area contributed by atoms with Gasteiger partial charge in [-0.2, -0.15) is 13.2 Å². The fourth-order valence-electron chi connectivity index (χ4n) is 2.77. The lowest BCUT2D eigenvalue weighted by Crippen LogP contribution is -2.41. The quantitative estimate of drug-likeness (QED) is 0.100. The van der Waals surface area contributed by atoms with Crippen molar-refractivity contribution in [2.75, 3.05) is 33.2 Å². The Hall–Kier alpha value is -3.96. The highest BCUT2D eigenvalue weighted by molar-refractivity contribution is 5.96. The number of aryl methyl sites for hydroxylation is 1. The Bertz CT molecular complexity index is 1020. The number of halogens is 6. The van der Waals surface area contributed by atoms with Crippen LogP contribution in [0.5, 0.6) is 11.5 Å². The van der Waals surface area contributed by atoms with Crippen LogP contribution in [0, 0.1) is 17.0 Å². The second kappa shape index (κ2) is 12.3. The van der Waals surface area contributed by atoms with Gasteiger partial charge in [0, 0.05) is 5.56 Å². The summed E-state index contributed by atoms with van der Waals surface area (Å²) in [7, 11) is 0. The smallest absolute Gasteiger partial charge is 0.475 e. The molecule has 1 atom stereocenters. The van der Waals surface area contributed by atoms with Crippen molar-refractivity contribution >= 4 is 18.2 Å². The maximum Gasteiger partial charge on any atom is 0.573 e. The number of carbonyl (C=O) groups excluding carboxylic acids is 2. The van der Waals surface area contributed by atoms with Crippen molar-refractivity contribution in [2.45, 2.75) is 25.6 Å². The van der Waals surface area contributed by atoms with Gasteiger partial charge >= 0.3 is 24.7 Å².